The number of esters is 1. The molecule has 2 aromatic rings. The quantitative estimate of drug-likeness (QED) is 0.534. The SMILES string of the molecule is Cc1sc(NC(=O)C2CC2)c(C(=O)OCC(=O)c2cc(C)n(C3CC3)c2C)c1C. The van der Waals surface area contributed by atoms with Crippen molar-refractivity contribution in [1.29, 1.82) is 0 Å². The number of amides is 1. The van der Waals surface area contributed by atoms with E-state index >= 15 is 0 Å². The molecule has 0 aliphatic heterocycles. The molecule has 2 aliphatic carbocycles. The molecule has 2 heterocycles. The average Bonchev–Trinajstić information content (AvgIpc) is 3.58. The number of nitrogens with one attached hydrogen (secondary N) is 1. The molecule has 0 bridgehead atoms. The first-order chi connectivity index (χ1) is 13.8. The highest BCUT2D eigenvalue weighted by Crippen LogP contribution is 2.39. The molecule has 0 radical (unpaired) electrons. The van der Waals surface area contributed by atoms with E-state index in [2.05, 4.69) is 9.88 Å². The smallest absolute Gasteiger partial charge is 0.341 e. The van der Waals surface area contributed by atoms with Crippen LogP contribution < -0.4 is 5.32 Å². The van der Waals surface area contributed by atoms with Gasteiger partial charge in [0.2, 0.25) is 11.7 Å². The van der Waals surface area contributed by atoms with Crippen LogP contribution in [0.4, 0.5) is 5.00 Å². The largest absolute Gasteiger partial charge is 0.454 e. The molecule has 0 unspecified atom stereocenters. The number of rotatable bonds is 7. The van der Waals surface area contributed by atoms with Crippen molar-refractivity contribution in [3.8, 4) is 0 Å². The predicted molar refractivity (Wildman–Crippen MR) is 112 cm³/mol. The Morgan fingerprint density at radius 3 is 2.45 bits per heavy atom. The molecule has 29 heavy (non-hydrogen) atoms. The minimum absolute atomic E-state index is 0.0462. The number of aromatic nitrogens is 1. The second-order valence-electron chi connectivity index (χ2n) is 8.14. The topological polar surface area (TPSA) is 77.4 Å². The Bertz CT molecular complexity index is 1010. The van der Waals surface area contributed by atoms with Gasteiger partial charge in [-0.2, -0.15) is 0 Å². The fourth-order valence-corrected chi connectivity index (χ4v) is 4.81. The second-order valence-corrected chi connectivity index (χ2v) is 9.36. The van der Waals surface area contributed by atoms with Crippen LogP contribution in [0.25, 0.3) is 0 Å². The molecule has 0 aromatic carbocycles. The van der Waals surface area contributed by atoms with Gasteiger partial charge in [0, 0.05) is 33.8 Å². The summed E-state index contributed by atoms with van der Waals surface area (Å²) < 4.78 is 7.58. The number of nitrogens with zero attached hydrogens (tertiary/aromatic N) is 1. The molecule has 1 amide bonds. The highest BCUT2D eigenvalue weighted by molar-refractivity contribution is 7.16. The van der Waals surface area contributed by atoms with Crippen LogP contribution in [-0.4, -0.2) is 28.8 Å². The first-order valence-electron chi connectivity index (χ1n) is 10.1. The van der Waals surface area contributed by atoms with Gasteiger partial charge in [-0.15, -0.1) is 11.3 Å². The van der Waals surface area contributed by atoms with Gasteiger partial charge in [-0.05, 0) is 65.0 Å². The number of carbonyl (C=O) groups is 3. The molecule has 0 atom stereocenters. The molecule has 6 nitrogen and oxygen atoms in total. The van der Waals surface area contributed by atoms with E-state index in [0.29, 0.717) is 22.2 Å². The van der Waals surface area contributed by atoms with E-state index in [0.717, 1.165) is 47.5 Å². The number of ether oxygens (including phenoxy) is 1. The van der Waals surface area contributed by atoms with Gasteiger partial charge in [0.25, 0.3) is 0 Å². The molecule has 2 saturated carbocycles. The van der Waals surface area contributed by atoms with Crippen LogP contribution in [0, 0.1) is 33.6 Å². The Morgan fingerprint density at radius 2 is 1.83 bits per heavy atom. The van der Waals surface area contributed by atoms with Crippen LogP contribution >= 0.6 is 11.3 Å². The average molecular weight is 415 g/mol. The van der Waals surface area contributed by atoms with Gasteiger partial charge in [0.1, 0.15) is 5.00 Å². The zero-order chi connectivity index (χ0) is 20.9. The third kappa shape index (κ3) is 3.88. The lowest BCUT2D eigenvalue weighted by molar-refractivity contribution is -0.117. The predicted octanol–water partition coefficient (Wildman–Crippen LogP) is 4.51. The molecule has 2 aromatic heterocycles. The Morgan fingerprint density at radius 1 is 1.14 bits per heavy atom. The summed E-state index contributed by atoms with van der Waals surface area (Å²) in [5.74, 6) is -0.775. The highest BCUT2D eigenvalue weighted by atomic mass is 32.1. The van der Waals surface area contributed by atoms with Crippen molar-refractivity contribution in [2.45, 2.75) is 59.4 Å². The van der Waals surface area contributed by atoms with Crippen LogP contribution in [0.15, 0.2) is 6.07 Å². The summed E-state index contributed by atoms with van der Waals surface area (Å²) >= 11 is 1.37. The number of Topliss-reactive ketones (excluding diaryl/α,β-unsaturated/α-hetero) is 1. The number of hydrogen-bond donors (Lipinski definition) is 1. The number of anilines is 1. The lowest BCUT2D eigenvalue weighted by Crippen LogP contribution is -2.18. The van der Waals surface area contributed by atoms with Crippen molar-refractivity contribution in [2.75, 3.05) is 11.9 Å². The first-order valence-corrected chi connectivity index (χ1v) is 10.9. The summed E-state index contributed by atoms with van der Waals surface area (Å²) in [5.41, 5.74) is 3.76. The summed E-state index contributed by atoms with van der Waals surface area (Å²) in [7, 11) is 0. The first kappa shape index (κ1) is 19.9. The zero-order valence-corrected chi connectivity index (χ0v) is 18.1. The summed E-state index contributed by atoms with van der Waals surface area (Å²) in [6.45, 7) is 7.37. The van der Waals surface area contributed by atoms with Crippen molar-refractivity contribution < 1.29 is 19.1 Å². The number of thiophene rings is 1. The summed E-state index contributed by atoms with van der Waals surface area (Å²) in [6, 6.07) is 2.37. The molecular weight excluding hydrogens is 388 g/mol. The fourth-order valence-electron chi connectivity index (χ4n) is 3.76. The van der Waals surface area contributed by atoms with E-state index in [-0.39, 0.29) is 24.2 Å². The number of hydrogen-bond acceptors (Lipinski definition) is 5. The molecule has 0 saturated heterocycles. The Kier molecular flexibility index (Phi) is 5.11. The molecule has 2 aliphatic rings. The lowest BCUT2D eigenvalue weighted by atomic mass is 10.1. The molecular formula is C22H26N2O4S. The molecule has 2 fully saturated rings. The number of carbonyl (C=O) groups excluding carboxylic acids is 3. The monoisotopic (exact) mass is 414 g/mol. The van der Waals surface area contributed by atoms with E-state index < -0.39 is 5.97 Å². The van der Waals surface area contributed by atoms with Crippen LogP contribution in [0.5, 0.6) is 0 Å². The van der Waals surface area contributed by atoms with Gasteiger partial charge in [0.15, 0.2) is 6.61 Å². The standard InChI is InChI=1S/C22H26N2O4S/c1-11-9-17(13(3)24(11)16-7-8-16)18(25)10-28-22(27)19-12(2)14(4)29-21(19)23-20(26)15-5-6-15/h9,15-16H,5-8,10H2,1-4H3,(H,23,26). The van der Waals surface area contributed by atoms with Gasteiger partial charge >= 0.3 is 5.97 Å². The molecule has 0 spiro atoms. The zero-order valence-electron chi connectivity index (χ0n) is 17.3. The summed E-state index contributed by atoms with van der Waals surface area (Å²) in [6.07, 6.45) is 4.07. The maximum Gasteiger partial charge on any atom is 0.341 e. The van der Waals surface area contributed by atoms with Gasteiger partial charge < -0.3 is 14.6 Å². The maximum atomic E-state index is 12.8. The molecule has 1 N–H and O–H groups in total. The van der Waals surface area contributed by atoms with E-state index in [1.54, 1.807) is 0 Å². The summed E-state index contributed by atoms with van der Waals surface area (Å²) in [5, 5.41) is 3.38. The minimum Gasteiger partial charge on any atom is -0.454 e. The van der Waals surface area contributed by atoms with Crippen LogP contribution in [0.3, 0.4) is 0 Å². The highest BCUT2D eigenvalue weighted by Gasteiger charge is 2.32. The third-order valence-corrected chi connectivity index (χ3v) is 6.93. The van der Waals surface area contributed by atoms with Gasteiger partial charge in [0.05, 0.1) is 5.56 Å². The number of aryl methyl sites for hydroxylation is 2. The second kappa shape index (κ2) is 7.44. The van der Waals surface area contributed by atoms with Crippen LogP contribution in [0.1, 0.15) is 74.3 Å². The van der Waals surface area contributed by atoms with Crippen molar-refractivity contribution in [2.24, 2.45) is 5.92 Å². The Labute approximate surface area is 174 Å². The number of ketones is 1. The van der Waals surface area contributed by atoms with Crippen molar-refractivity contribution in [3.05, 3.63) is 39.0 Å². The van der Waals surface area contributed by atoms with Gasteiger partial charge in [-0.25, -0.2) is 4.79 Å². The van der Waals surface area contributed by atoms with Crippen molar-refractivity contribution in [1.82, 2.24) is 4.57 Å². The van der Waals surface area contributed by atoms with Crippen molar-refractivity contribution >= 4 is 34.0 Å². The Hall–Kier alpha value is -2.41. The third-order valence-electron chi connectivity index (χ3n) is 5.81. The normalized spacial score (nSPS) is 16.0. The van der Waals surface area contributed by atoms with Crippen LogP contribution in [-0.2, 0) is 9.53 Å². The Balaban J connectivity index is 1.46. The maximum absolute atomic E-state index is 12.8. The van der Waals surface area contributed by atoms with E-state index in [9.17, 15) is 14.4 Å². The van der Waals surface area contributed by atoms with E-state index in [1.807, 2.05) is 33.8 Å². The van der Waals surface area contributed by atoms with E-state index in [1.165, 1.54) is 11.3 Å². The van der Waals surface area contributed by atoms with Crippen LogP contribution in [0.2, 0.25) is 0 Å². The molecule has 154 valence electrons. The lowest BCUT2D eigenvalue weighted by Gasteiger charge is -2.09. The van der Waals surface area contributed by atoms with Crippen molar-refractivity contribution in [3.63, 3.8) is 0 Å². The molecule has 4 rings (SSSR count). The summed E-state index contributed by atoms with van der Waals surface area (Å²) in [4.78, 5) is 38.5. The van der Waals surface area contributed by atoms with E-state index in [4.69, 9.17) is 4.74 Å². The van der Waals surface area contributed by atoms with Gasteiger partial charge in [-0.3, -0.25) is 9.59 Å². The minimum atomic E-state index is -0.567. The van der Waals surface area contributed by atoms with Gasteiger partial charge in [-0.1, -0.05) is 0 Å². The fraction of sp³-hybridized carbons (Fsp3) is 0.500. The molecule has 7 heteroatoms.